The van der Waals surface area contributed by atoms with Crippen LogP contribution in [-0.4, -0.2) is 58.7 Å². The van der Waals surface area contributed by atoms with Gasteiger partial charge in [0, 0.05) is 49.1 Å². The van der Waals surface area contributed by atoms with Gasteiger partial charge in [0.15, 0.2) is 0 Å². The molecule has 0 N–H and O–H groups in total. The Labute approximate surface area is 251 Å². The molecule has 7 nitrogen and oxygen atoms in total. The highest BCUT2D eigenvalue weighted by atomic mass is 16.6. The van der Waals surface area contributed by atoms with Gasteiger partial charge in [-0.05, 0) is 77.9 Å². The molecule has 1 aliphatic heterocycles. The second-order valence-electron chi connectivity index (χ2n) is 12.1. The summed E-state index contributed by atoms with van der Waals surface area (Å²) < 4.78 is 7.66. The van der Waals surface area contributed by atoms with Crippen molar-refractivity contribution in [1.29, 1.82) is 0 Å². The van der Waals surface area contributed by atoms with Crippen LogP contribution in [0.3, 0.4) is 0 Å². The van der Waals surface area contributed by atoms with Gasteiger partial charge in [-0.1, -0.05) is 60.7 Å². The van der Waals surface area contributed by atoms with Crippen LogP contribution in [0.4, 0.5) is 4.79 Å². The van der Waals surface area contributed by atoms with Gasteiger partial charge in [0.1, 0.15) is 13.2 Å². The first kappa shape index (κ1) is 27.4. The zero-order valence-electron chi connectivity index (χ0n) is 24.6. The molecule has 2 fully saturated rings. The van der Waals surface area contributed by atoms with Gasteiger partial charge in [-0.25, -0.2) is 4.79 Å². The van der Waals surface area contributed by atoms with Crippen LogP contribution in [0.5, 0.6) is 0 Å². The molecule has 1 atom stereocenters. The molecule has 1 saturated heterocycles. The van der Waals surface area contributed by atoms with Crippen molar-refractivity contribution in [3.63, 3.8) is 0 Å². The van der Waals surface area contributed by atoms with Gasteiger partial charge in [0.2, 0.25) is 5.91 Å². The maximum Gasteiger partial charge on any atom is 0.410 e. The first-order valence-electron chi connectivity index (χ1n) is 15.5. The summed E-state index contributed by atoms with van der Waals surface area (Å²) in [6, 6.07) is 24.7. The molecule has 0 bridgehead atoms. The first-order valence-corrected chi connectivity index (χ1v) is 15.5. The Morgan fingerprint density at radius 2 is 1.65 bits per heavy atom. The normalized spacial score (nSPS) is 17.9. The van der Waals surface area contributed by atoms with E-state index in [9.17, 15) is 14.4 Å². The van der Waals surface area contributed by atoms with Crippen LogP contribution in [0.1, 0.15) is 61.1 Å². The minimum absolute atomic E-state index is 0.0145. The van der Waals surface area contributed by atoms with Gasteiger partial charge < -0.3 is 14.2 Å². The van der Waals surface area contributed by atoms with Crippen LogP contribution in [0, 0.1) is 0 Å². The van der Waals surface area contributed by atoms with Gasteiger partial charge in [-0.2, -0.15) is 0 Å². The molecule has 1 unspecified atom stereocenters. The molecule has 3 aromatic carbocycles. The van der Waals surface area contributed by atoms with E-state index in [1.807, 2.05) is 60.5 Å². The molecule has 2 heterocycles. The largest absolute Gasteiger partial charge is 0.448 e. The summed E-state index contributed by atoms with van der Waals surface area (Å²) in [6.07, 6.45) is 5.07. The van der Waals surface area contributed by atoms with E-state index < -0.39 is 6.09 Å². The second-order valence-corrected chi connectivity index (χ2v) is 12.1. The lowest BCUT2D eigenvalue weighted by Crippen LogP contribution is -2.47. The number of amides is 2. The van der Waals surface area contributed by atoms with E-state index in [0.29, 0.717) is 19.6 Å². The third-order valence-electron chi connectivity index (χ3n) is 9.45. The van der Waals surface area contributed by atoms with Gasteiger partial charge in [-0.3, -0.25) is 14.5 Å². The average molecular weight is 576 g/mol. The number of hydrogen-bond donors (Lipinski definition) is 0. The summed E-state index contributed by atoms with van der Waals surface area (Å²) in [5.41, 5.74) is 5.84. The Bertz CT molecular complexity index is 1710. The van der Waals surface area contributed by atoms with Crippen LogP contribution in [-0.2, 0) is 16.1 Å². The number of carbonyl (C=O) groups excluding carboxylic acids is 2. The Kier molecular flexibility index (Phi) is 7.25. The molecule has 0 spiro atoms. The van der Waals surface area contributed by atoms with Crippen LogP contribution in [0.15, 0.2) is 83.8 Å². The molecular weight excluding hydrogens is 538 g/mol. The molecule has 4 aromatic rings. The van der Waals surface area contributed by atoms with E-state index in [1.54, 1.807) is 9.47 Å². The lowest BCUT2D eigenvalue weighted by atomic mass is 9.89. The number of aromatic nitrogens is 1. The Balaban J connectivity index is 1.03. The number of ether oxygens (including phenoxy) is 1. The minimum atomic E-state index is -0.409. The van der Waals surface area contributed by atoms with Crippen molar-refractivity contribution >= 4 is 22.8 Å². The Hall–Kier alpha value is -4.39. The van der Waals surface area contributed by atoms with Crippen molar-refractivity contribution in [2.24, 2.45) is 0 Å². The van der Waals surface area contributed by atoms with Crippen molar-refractivity contribution in [3.05, 3.63) is 106 Å². The maximum atomic E-state index is 13.6. The fourth-order valence-electron chi connectivity index (χ4n) is 6.93. The minimum Gasteiger partial charge on any atom is -0.448 e. The number of nitrogens with zero attached hydrogens (tertiary/aromatic N) is 3. The monoisotopic (exact) mass is 575 g/mol. The average Bonchev–Trinajstić information content (AvgIpc) is 3.84. The maximum absolute atomic E-state index is 13.6. The van der Waals surface area contributed by atoms with Crippen molar-refractivity contribution in [2.75, 3.05) is 26.2 Å². The van der Waals surface area contributed by atoms with Gasteiger partial charge in [0.05, 0.1) is 0 Å². The van der Waals surface area contributed by atoms with E-state index >= 15 is 0 Å². The standard InChI is InChI=1S/C36H37N3O4/c1-2-37-19-17-24-13-14-25(20-32(24)35(37)41)26-8-7-18-38(21-26)34(40)22-39(27-15-16-27)36(42)43-23-33-30-11-5-3-9-28(30)29-10-4-6-12-31(29)33/h3-6,9-14,17,19-20,26-27,33H,2,7-8,15-16,18,21-23H2,1H3. The number of benzene rings is 3. The van der Waals surface area contributed by atoms with Crippen molar-refractivity contribution in [2.45, 2.75) is 57.0 Å². The summed E-state index contributed by atoms with van der Waals surface area (Å²) in [5, 5.41) is 1.66. The van der Waals surface area contributed by atoms with E-state index in [0.717, 1.165) is 42.0 Å². The number of piperidine rings is 1. The summed E-state index contributed by atoms with van der Waals surface area (Å²) in [7, 11) is 0. The highest BCUT2D eigenvalue weighted by molar-refractivity contribution is 5.84. The van der Waals surface area contributed by atoms with Crippen LogP contribution >= 0.6 is 0 Å². The van der Waals surface area contributed by atoms with Gasteiger partial charge in [0.25, 0.3) is 5.56 Å². The topological polar surface area (TPSA) is 71.8 Å². The zero-order chi connectivity index (χ0) is 29.5. The highest BCUT2D eigenvalue weighted by Gasteiger charge is 2.38. The molecule has 2 amide bonds. The van der Waals surface area contributed by atoms with E-state index in [4.69, 9.17) is 4.74 Å². The lowest BCUT2D eigenvalue weighted by molar-refractivity contribution is -0.133. The van der Waals surface area contributed by atoms with Crippen LogP contribution in [0.25, 0.3) is 21.9 Å². The lowest BCUT2D eigenvalue weighted by Gasteiger charge is -2.34. The van der Waals surface area contributed by atoms with Crippen molar-refractivity contribution in [1.82, 2.24) is 14.4 Å². The molecular formula is C36H37N3O4. The number of rotatable bonds is 7. The molecule has 1 saturated carbocycles. The molecule has 2 aliphatic carbocycles. The fraction of sp³-hybridized carbons (Fsp3) is 0.361. The molecule has 7 rings (SSSR count). The predicted molar refractivity (Wildman–Crippen MR) is 167 cm³/mol. The van der Waals surface area contributed by atoms with E-state index in [2.05, 4.69) is 30.3 Å². The Morgan fingerprint density at radius 3 is 2.35 bits per heavy atom. The quantitative estimate of drug-likeness (QED) is 0.265. The number of hydrogen-bond acceptors (Lipinski definition) is 4. The highest BCUT2D eigenvalue weighted by Crippen LogP contribution is 2.44. The summed E-state index contributed by atoms with van der Waals surface area (Å²) in [4.78, 5) is 43.5. The molecule has 43 heavy (non-hydrogen) atoms. The van der Waals surface area contributed by atoms with Crippen LogP contribution in [0.2, 0.25) is 0 Å². The number of carbonyl (C=O) groups is 2. The van der Waals surface area contributed by atoms with Crippen molar-refractivity contribution < 1.29 is 14.3 Å². The predicted octanol–water partition coefficient (Wildman–Crippen LogP) is 6.14. The van der Waals surface area contributed by atoms with Crippen molar-refractivity contribution in [3.8, 4) is 11.1 Å². The third kappa shape index (κ3) is 5.22. The third-order valence-corrected chi connectivity index (χ3v) is 9.45. The Morgan fingerprint density at radius 1 is 0.930 bits per heavy atom. The molecule has 0 radical (unpaired) electrons. The molecule has 3 aliphatic rings. The molecule has 1 aromatic heterocycles. The van der Waals surface area contributed by atoms with E-state index in [-0.39, 0.29) is 42.5 Å². The number of fused-ring (bicyclic) bond motifs is 4. The van der Waals surface area contributed by atoms with E-state index in [1.165, 1.54) is 22.3 Å². The number of likely N-dealkylation sites (tertiary alicyclic amines) is 1. The summed E-state index contributed by atoms with van der Waals surface area (Å²) in [5.74, 6) is 0.0965. The summed E-state index contributed by atoms with van der Waals surface area (Å²) >= 11 is 0. The second kappa shape index (κ2) is 11.4. The SMILES string of the molecule is CCn1ccc2ccc(C3CCCN(C(=O)CN(C(=O)OCC4c5ccccc5-c5ccccc54)C4CC4)C3)cc2c1=O. The number of pyridine rings is 1. The number of aryl methyl sites for hydroxylation is 1. The smallest absolute Gasteiger partial charge is 0.410 e. The zero-order valence-corrected chi connectivity index (χ0v) is 24.6. The molecule has 220 valence electrons. The fourth-order valence-corrected chi connectivity index (χ4v) is 6.93. The van der Waals surface area contributed by atoms with Crippen LogP contribution < -0.4 is 5.56 Å². The van der Waals surface area contributed by atoms with Gasteiger partial charge in [-0.15, -0.1) is 0 Å². The molecule has 7 heteroatoms. The van der Waals surface area contributed by atoms with Gasteiger partial charge >= 0.3 is 6.09 Å². The summed E-state index contributed by atoms with van der Waals surface area (Å²) in [6.45, 7) is 4.14. The first-order chi connectivity index (χ1) is 21.0.